The highest BCUT2D eigenvalue weighted by Crippen LogP contribution is 2.59. The van der Waals surface area contributed by atoms with E-state index in [1.807, 2.05) is 0 Å². The molecular weight excluding hydrogens is 248 g/mol. The van der Waals surface area contributed by atoms with Gasteiger partial charge in [-0.1, -0.05) is 24.3 Å². The minimum Gasteiger partial charge on any atom is -0.352 e. The average Bonchev–Trinajstić information content (AvgIpc) is 3.23. The molecule has 4 rings (SSSR count). The lowest BCUT2D eigenvalue weighted by molar-refractivity contribution is -0.123. The molecule has 2 N–H and O–H groups in total. The van der Waals surface area contributed by atoms with Crippen LogP contribution >= 0.6 is 0 Å². The zero-order valence-corrected chi connectivity index (χ0v) is 11.8. The van der Waals surface area contributed by atoms with Crippen molar-refractivity contribution in [3.63, 3.8) is 0 Å². The molecule has 1 heterocycles. The van der Waals surface area contributed by atoms with Gasteiger partial charge < -0.3 is 10.6 Å². The summed E-state index contributed by atoms with van der Waals surface area (Å²) in [6.07, 6.45) is 4.62. The molecule has 1 aromatic rings. The van der Waals surface area contributed by atoms with E-state index >= 15 is 0 Å². The molecule has 106 valence electrons. The van der Waals surface area contributed by atoms with Gasteiger partial charge in [0.1, 0.15) is 0 Å². The first kappa shape index (κ1) is 12.4. The lowest BCUT2D eigenvalue weighted by Gasteiger charge is -2.23. The standard InChI is InChI=1S/C17H22N2O/c20-17(19-12-5-3-9-18-10-12)16-14-8-7-11-4-1-2-6-13(11)15(14)16/h1-2,4,6,12,14-16,18H,3,5,7-10H2,(H,19,20)/t12-,14?,15?,16?/m0/s1. The largest absolute Gasteiger partial charge is 0.352 e. The molecular formula is C17H22N2O. The van der Waals surface area contributed by atoms with E-state index in [9.17, 15) is 4.79 Å². The van der Waals surface area contributed by atoms with E-state index < -0.39 is 0 Å². The van der Waals surface area contributed by atoms with E-state index in [1.54, 1.807) is 0 Å². The van der Waals surface area contributed by atoms with E-state index in [1.165, 1.54) is 24.0 Å². The maximum absolute atomic E-state index is 12.5. The van der Waals surface area contributed by atoms with Gasteiger partial charge in [-0.2, -0.15) is 0 Å². The van der Waals surface area contributed by atoms with Gasteiger partial charge in [-0.25, -0.2) is 0 Å². The first-order valence-electron chi connectivity index (χ1n) is 7.93. The van der Waals surface area contributed by atoms with Crippen molar-refractivity contribution in [1.82, 2.24) is 10.6 Å². The molecule has 3 nitrogen and oxygen atoms in total. The molecule has 3 aliphatic rings. The minimum absolute atomic E-state index is 0.237. The summed E-state index contributed by atoms with van der Waals surface area (Å²) in [4.78, 5) is 12.5. The SMILES string of the molecule is O=C(N[C@H]1CCCNC1)C1C2CCc3ccccc3C21. The van der Waals surface area contributed by atoms with Crippen LogP contribution in [0.15, 0.2) is 24.3 Å². The van der Waals surface area contributed by atoms with Crippen molar-refractivity contribution in [2.45, 2.75) is 37.6 Å². The molecule has 1 saturated carbocycles. The number of carbonyl (C=O) groups is 1. The average molecular weight is 270 g/mol. The number of aryl methyl sites for hydroxylation is 1. The van der Waals surface area contributed by atoms with Gasteiger partial charge in [-0.05, 0) is 55.2 Å². The highest BCUT2D eigenvalue weighted by atomic mass is 16.2. The summed E-state index contributed by atoms with van der Waals surface area (Å²) in [6, 6.07) is 9.02. The lowest BCUT2D eigenvalue weighted by Crippen LogP contribution is -2.46. The lowest BCUT2D eigenvalue weighted by atomic mass is 9.92. The van der Waals surface area contributed by atoms with Gasteiger partial charge >= 0.3 is 0 Å². The molecule has 1 amide bonds. The number of carbonyl (C=O) groups excluding carboxylic acids is 1. The normalized spacial score (nSPS) is 34.8. The van der Waals surface area contributed by atoms with Crippen LogP contribution in [0, 0.1) is 11.8 Å². The molecule has 1 aliphatic heterocycles. The third kappa shape index (κ3) is 2.05. The van der Waals surface area contributed by atoms with Crippen molar-refractivity contribution >= 4 is 5.91 Å². The van der Waals surface area contributed by atoms with E-state index in [2.05, 4.69) is 34.9 Å². The first-order chi connectivity index (χ1) is 9.84. The second-order valence-corrected chi connectivity index (χ2v) is 6.50. The zero-order chi connectivity index (χ0) is 13.5. The number of benzene rings is 1. The van der Waals surface area contributed by atoms with Crippen LogP contribution in [0.25, 0.3) is 0 Å². The maximum atomic E-state index is 12.5. The monoisotopic (exact) mass is 270 g/mol. The fourth-order valence-corrected chi connectivity index (χ4v) is 4.20. The number of rotatable bonds is 2. The Bertz CT molecular complexity index is 521. The quantitative estimate of drug-likeness (QED) is 0.861. The molecule has 4 atom stereocenters. The molecule has 3 heteroatoms. The Labute approximate surface area is 120 Å². The first-order valence-corrected chi connectivity index (χ1v) is 7.93. The van der Waals surface area contributed by atoms with Crippen LogP contribution in [0.1, 0.15) is 36.3 Å². The number of nitrogens with one attached hydrogen (secondary N) is 2. The Hall–Kier alpha value is -1.35. The van der Waals surface area contributed by atoms with Crippen molar-refractivity contribution in [3.05, 3.63) is 35.4 Å². The summed E-state index contributed by atoms with van der Waals surface area (Å²) in [7, 11) is 0. The number of amides is 1. The summed E-state index contributed by atoms with van der Waals surface area (Å²) in [5.41, 5.74) is 2.90. The Morgan fingerprint density at radius 2 is 2.15 bits per heavy atom. The van der Waals surface area contributed by atoms with Crippen LogP contribution in [0.2, 0.25) is 0 Å². The van der Waals surface area contributed by atoms with Crippen LogP contribution in [0.3, 0.4) is 0 Å². The summed E-state index contributed by atoms with van der Waals surface area (Å²) in [6.45, 7) is 2.03. The molecule has 0 aromatic heterocycles. The summed E-state index contributed by atoms with van der Waals surface area (Å²) in [5, 5.41) is 6.63. The van der Waals surface area contributed by atoms with E-state index in [4.69, 9.17) is 0 Å². The van der Waals surface area contributed by atoms with E-state index in [0.29, 0.717) is 23.8 Å². The van der Waals surface area contributed by atoms with Gasteiger partial charge in [0.25, 0.3) is 0 Å². The van der Waals surface area contributed by atoms with Crippen molar-refractivity contribution in [1.29, 1.82) is 0 Å². The van der Waals surface area contributed by atoms with Gasteiger partial charge in [-0.15, -0.1) is 0 Å². The van der Waals surface area contributed by atoms with Crippen LogP contribution < -0.4 is 10.6 Å². The Morgan fingerprint density at radius 1 is 1.25 bits per heavy atom. The number of piperidine rings is 1. The predicted octanol–water partition coefficient (Wildman–Crippen LogP) is 1.83. The van der Waals surface area contributed by atoms with Crippen molar-refractivity contribution in [3.8, 4) is 0 Å². The summed E-state index contributed by atoms with van der Waals surface area (Å²) in [5.74, 6) is 1.63. The Morgan fingerprint density at radius 3 is 3.00 bits per heavy atom. The van der Waals surface area contributed by atoms with Gasteiger partial charge in [0, 0.05) is 18.5 Å². The second kappa shape index (κ2) is 4.88. The third-order valence-corrected chi connectivity index (χ3v) is 5.28. The number of hydrogen-bond acceptors (Lipinski definition) is 2. The second-order valence-electron chi connectivity index (χ2n) is 6.50. The Balaban J connectivity index is 1.45. The van der Waals surface area contributed by atoms with Gasteiger partial charge in [0.2, 0.25) is 5.91 Å². The van der Waals surface area contributed by atoms with Crippen LogP contribution in [0.5, 0.6) is 0 Å². The number of fused-ring (bicyclic) bond motifs is 3. The number of hydrogen-bond donors (Lipinski definition) is 2. The van der Waals surface area contributed by atoms with Crippen molar-refractivity contribution in [2.24, 2.45) is 11.8 Å². The van der Waals surface area contributed by atoms with Crippen LogP contribution in [0.4, 0.5) is 0 Å². The van der Waals surface area contributed by atoms with E-state index in [0.717, 1.165) is 25.9 Å². The molecule has 0 spiro atoms. The molecule has 2 fully saturated rings. The minimum atomic E-state index is 0.237. The fourth-order valence-electron chi connectivity index (χ4n) is 4.20. The summed E-state index contributed by atoms with van der Waals surface area (Å²) < 4.78 is 0. The molecule has 0 radical (unpaired) electrons. The fraction of sp³-hybridized carbons (Fsp3) is 0.588. The molecule has 1 saturated heterocycles. The molecule has 20 heavy (non-hydrogen) atoms. The van der Waals surface area contributed by atoms with Gasteiger partial charge in [0.05, 0.1) is 0 Å². The molecule has 0 bridgehead atoms. The van der Waals surface area contributed by atoms with Crippen LogP contribution in [-0.2, 0) is 11.2 Å². The molecule has 2 aliphatic carbocycles. The predicted molar refractivity (Wildman–Crippen MR) is 78.5 cm³/mol. The van der Waals surface area contributed by atoms with Gasteiger partial charge in [-0.3, -0.25) is 4.79 Å². The molecule has 1 aromatic carbocycles. The maximum Gasteiger partial charge on any atom is 0.224 e. The highest BCUT2D eigenvalue weighted by Gasteiger charge is 2.57. The molecule has 3 unspecified atom stereocenters. The van der Waals surface area contributed by atoms with Gasteiger partial charge in [0.15, 0.2) is 0 Å². The van der Waals surface area contributed by atoms with Crippen LogP contribution in [-0.4, -0.2) is 25.0 Å². The zero-order valence-electron chi connectivity index (χ0n) is 11.8. The topological polar surface area (TPSA) is 41.1 Å². The third-order valence-electron chi connectivity index (χ3n) is 5.28. The van der Waals surface area contributed by atoms with Crippen molar-refractivity contribution in [2.75, 3.05) is 13.1 Å². The van der Waals surface area contributed by atoms with Crippen molar-refractivity contribution < 1.29 is 4.79 Å². The smallest absolute Gasteiger partial charge is 0.224 e. The highest BCUT2D eigenvalue weighted by molar-refractivity contribution is 5.84. The summed E-state index contributed by atoms with van der Waals surface area (Å²) >= 11 is 0. The Kier molecular flexibility index (Phi) is 3.03. The van der Waals surface area contributed by atoms with E-state index in [-0.39, 0.29) is 5.92 Å².